The van der Waals surface area contributed by atoms with Crippen molar-refractivity contribution in [2.45, 2.75) is 51.6 Å². The lowest BCUT2D eigenvalue weighted by atomic mass is 10.1. The van der Waals surface area contributed by atoms with Gasteiger partial charge in [0, 0.05) is 18.6 Å². The van der Waals surface area contributed by atoms with Crippen LogP contribution < -0.4 is 5.73 Å². The van der Waals surface area contributed by atoms with Crippen molar-refractivity contribution in [2.24, 2.45) is 11.7 Å². The van der Waals surface area contributed by atoms with E-state index in [4.69, 9.17) is 5.73 Å². The van der Waals surface area contributed by atoms with Crippen molar-refractivity contribution in [3.8, 4) is 0 Å². The maximum Gasteiger partial charge on any atom is 0.0196 e. The zero-order chi connectivity index (χ0) is 9.84. The Kier molecular flexibility index (Phi) is 4.20. The zero-order valence-corrected chi connectivity index (χ0v) is 9.29. The minimum Gasteiger partial charge on any atom is -0.326 e. The summed E-state index contributed by atoms with van der Waals surface area (Å²) < 4.78 is 0. The minimum absolute atomic E-state index is 0.421. The summed E-state index contributed by atoms with van der Waals surface area (Å²) >= 11 is 0. The average molecular weight is 184 g/mol. The average Bonchev–Trinajstić information content (AvgIpc) is 2.86. The van der Waals surface area contributed by atoms with Gasteiger partial charge in [0.15, 0.2) is 0 Å². The minimum atomic E-state index is 0.421. The Labute approximate surface area is 82.5 Å². The van der Waals surface area contributed by atoms with Gasteiger partial charge in [0.1, 0.15) is 0 Å². The van der Waals surface area contributed by atoms with E-state index in [0.717, 1.165) is 12.5 Å². The second-order valence-electron chi connectivity index (χ2n) is 4.58. The van der Waals surface area contributed by atoms with Gasteiger partial charge in [-0.05, 0) is 39.2 Å². The number of nitrogens with zero attached hydrogens (tertiary/aromatic N) is 1. The quantitative estimate of drug-likeness (QED) is 0.682. The first-order valence-electron chi connectivity index (χ1n) is 5.61. The summed E-state index contributed by atoms with van der Waals surface area (Å²) in [5.41, 5.74) is 6.07. The molecule has 0 aliphatic heterocycles. The molecule has 0 aromatic rings. The second-order valence-corrected chi connectivity index (χ2v) is 4.58. The van der Waals surface area contributed by atoms with E-state index in [1.54, 1.807) is 0 Å². The molecule has 2 atom stereocenters. The van der Waals surface area contributed by atoms with Gasteiger partial charge in [0.2, 0.25) is 0 Å². The van der Waals surface area contributed by atoms with E-state index in [1.165, 1.54) is 25.7 Å². The lowest BCUT2D eigenvalue weighted by Gasteiger charge is -2.27. The SMILES string of the molecule is CCCC(C)N(C)CC(N)C1CC1. The maximum absolute atomic E-state index is 6.07. The molecule has 1 rings (SSSR count). The van der Waals surface area contributed by atoms with Crippen LogP contribution in [0.25, 0.3) is 0 Å². The lowest BCUT2D eigenvalue weighted by molar-refractivity contribution is 0.224. The van der Waals surface area contributed by atoms with Crippen LogP contribution in [0.15, 0.2) is 0 Å². The molecule has 0 heterocycles. The Morgan fingerprint density at radius 1 is 1.46 bits per heavy atom. The van der Waals surface area contributed by atoms with E-state index in [1.807, 2.05) is 0 Å². The molecule has 0 spiro atoms. The Morgan fingerprint density at radius 3 is 2.54 bits per heavy atom. The van der Waals surface area contributed by atoms with Gasteiger partial charge in [-0.3, -0.25) is 0 Å². The zero-order valence-electron chi connectivity index (χ0n) is 9.29. The molecule has 1 fully saturated rings. The molecule has 78 valence electrons. The lowest BCUT2D eigenvalue weighted by Crippen LogP contribution is -2.40. The first-order valence-corrected chi connectivity index (χ1v) is 5.61. The number of rotatable bonds is 6. The fraction of sp³-hybridized carbons (Fsp3) is 1.00. The van der Waals surface area contributed by atoms with E-state index in [-0.39, 0.29) is 0 Å². The first kappa shape index (κ1) is 11.0. The number of nitrogens with two attached hydrogens (primary N) is 1. The van der Waals surface area contributed by atoms with Gasteiger partial charge < -0.3 is 10.6 Å². The van der Waals surface area contributed by atoms with Crippen LogP contribution in [0.4, 0.5) is 0 Å². The number of hydrogen-bond donors (Lipinski definition) is 1. The monoisotopic (exact) mass is 184 g/mol. The highest BCUT2D eigenvalue weighted by atomic mass is 15.1. The van der Waals surface area contributed by atoms with Crippen LogP contribution in [-0.2, 0) is 0 Å². The van der Waals surface area contributed by atoms with Crippen LogP contribution >= 0.6 is 0 Å². The summed E-state index contributed by atoms with van der Waals surface area (Å²) in [5, 5.41) is 0. The maximum atomic E-state index is 6.07. The molecule has 1 aliphatic rings. The molecule has 2 unspecified atom stereocenters. The van der Waals surface area contributed by atoms with Gasteiger partial charge in [-0.2, -0.15) is 0 Å². The predicted octanol–water partition coefficient (Wildman–Crippen LogP) is 1.84. The molecule has 1 saturated carbocycles. The van der Waals surface area contributed by atoms with Crippen molar-refractivity contribution >= 4 is 0 Å². The van der Waals surface area contributed by atoms with Gasteiger partial charge in [-0.25, -0.2) is 0 Å². The van der Waals surface area contributed by atoms with Crippen LogP contribution in [0.3, 0.4) is 0 Å². The van der Waals surface area contributed by atoms with Crippen LogP contribution in [0.2, 0.25) is 0 Å². The molecule has 2 heteroatoms. The molecule has 2 N–H and O–H groups in total. The molecule has 0 bridgehead atoms. The highest BCUT2D eigenvalue weighted by Gasteiger charge is 2.29. The molecule has 13 heavy (non-hydrogen) atoms. The van der Waals surface area contributed by atoms with Crippen molar-refractivity contribution in [1.82, 2.24) is 4.90 Å². The molecular weight excluding hydrogens is 160 g/mol. The standard InChI is InChI=1S/C11H24N2/c1-4-5-9(2)13(3)8-11(12)10-6-7-10/h9-11H,4-8,12H2,1-3H3. The fourth-order valence-electron chi connectivity index (χ4n) is 1.82. The van der Waals surface area contributed by atoms with Crippen molar-refractivity contribution in [1.29, 1.82) is 0 Å². The van der Waals surface area contributed by atoms with E-state index >= 15 is 0 Å². The van der Waals surface area contributed by atoms with Crippen molar-refractivity contribution in [3.05, 3.63) is 0 Å². The van der Waals surface area contributed by atoms with Crippen LogP contribution in [0.5, 0.6) is 0 Å². The summed E-state index contributed by atoms with van der Waals surface area (Å²) in [6, 6.07) is 1.11. The van der Waals surface area contributed by atoms with E-state index < -0.39 is 0 Å². The highest BCUT2D eigenvalue weighted by Crippen LogP contribution is 2.31. The van der Waals surface area contributed by atoms with Crippen LogP contribution in [0, 0.1) is 5.92 Å². The highest BCUT2D eigenvalue weighted by molar-refractivity contribution is 4.86. The first-order chi connectivity index (χ1) is 6.15. The summed E-state index contributed by atoms with van der Waals surface area (Å²) in [4.78, 5) is 2.41. The fourth-order valence-corrected chi connectivity index (χ4v) is 1.82. The molecular formula is C11H24N2. The van der Waals surface area contributed by atoms with Crippen LogP contribution in [-0.4, -0.2) is 30.6 Å². The Hall–Kier alpha value is -0.0800. The van der Waals surface area contributed by atoms with Crippen LogP contribution in [0.1, 0.15) is 39.5 Å². The molecule has 0 radical (unpaired) electrons. The molecule has 0 aromatic heterocycles. The number of hydrogen-bond acceptors (Lipinski definition) is 2. The molecule has 2 nitrogen and oxygen atoms in total. The Balaban J connectivity index is 2.17. The third kappa shape index (κ3) is 3.65. The molecule has 0 amide bonds. The summed E-state index contributed by atoms with van der Waals surface area (Å²) in [7, 11) is 2.20. The Morgan fingerprint density at radius 2 is 2.08 bits per heavy atom. The van der Waals surface area contributed by atoms with Gasteiger partial charge in [0.25, 0.3) is 0 Å². The third-order valence-electron chi connectivity index (χ3n) is 3.19. The largest absolute Gasteiger partial charge is 0.326 e. The topological polar surface area (TPSA) is 29.3 Å². The predicted molar refractivity (Wildman–Crippen MR) is 57.7 cm³/mol. The summed E-state index contributed by atoms with van der Waals surface area (Å²) in [5.74, 6) is 0.830. The van der Waals surface area contributed by atoms with E-state index in [0.29, 0.717) is 12.1 Å². The third-order valence-corrected chi connectivity index (χ3v) is 3.19. The van der Waals surface area contributed by atoms with Gasteiger partial charge >= 0.3 is 0 Å². The van der Waals surface area contributed by atoms with Gasteiger partial charge in [-0.1, -0.05) is 13.3 Å². The molecule has 1 aliphatic carbocycles. The number of likely N-dealkylation sites (N-methyl/N-ethyl adjacent to an activating group) is 1. The molecule has 0 saturated heterocycles. The van der Waals surface area contributed by atoms with Crippen molar-refractivity contribution in [2.75, 3.05) is 13.6 Å². The van der Waals surface area contributed by atoms with Crippen molar-refractivity contribution in [3.63, 3.8) is 0 Å². The summed E-state index contributed by atoms with van der Waals surface area (Å²) in [6.45, 7) is 5.61. The Bertz CT molecular complexity index is 143. The second kappa shape index (κ2) is 4.97. The van der Waals surface area contributed by atoms with E-state index in [9.17, 15) is 0 Å². The summed E-state index contributed by atoms with van der Waals surface area (Å²) in [6.07, 6.45) is 5.27. The normalized spacial score (nSPS) is 21.9. The van der Waals surface area contributed by atoms with Gasteiger partial charge in [0.05, 0.1) is 0 Å². The van der Waals surface area contributed by atoms with Gasteiger partial charge in [-0.15, -0.1) is 0 Å². The molecule has 0 aromatic carbocycles. The smallest absolute Gasteiger partial charge is 0.0196 e. The van der Waals surface area contributed by atoms with E-state index in [2.05, 4.69) is 25.8 Å². The van der Waals surface area contributed by atoms with Crippen molar-refractivity contribution < 1.29 is 0 Å².